The van der Waals surface area contributed by atoms with Crippen LogP contribution >= 0.6 is 11.6 Å². The number of halogens is 1. The molecule has 0 spiro atoms. The topological polar surface area (TPSA) is 86.8 Å². The van der Waals surface area contributed by atoms with Gasteiger partial charge in [-0.15, -0.1) is 0 Å². The van der Waals surface area contributed by atoms with Crippen molar-refractivity contribution in [2.45, 2.75) is 50.2 Å². The van der Waals surface area contributed by atoms with Crippen LogP contribution in [0.2, 0.25) is 5.02 Å². The van der Waals surface area contributed by atoms with Gasteiger partial charge in [0.2, 0.25) is 11.8 Å². The number of sulfonamides is 1. The molecule has 0 unspecified atom stereocenters. The van der Waals surface area contributed by atoms with Crippen molar-refractivity contribution in [3.05, 3.63) is 131 Å². The number of rotatable bonds is 11. The Labute approximate surface area is 259 Å². The van der Waals surface area contributed by atoms with E-state index in [2.05, 4.69) is 5.32 Å². The lowest BCUT2D eigenvalue weighted by Crippen LogP contribution is -2.56. The number of carbonyl (C=O) groups is 2. The van der Waals surface area contributed by atoms with E-state index in [4.69, 9.17) is 11.6 Å². The van der Waals surface area contributed by atoms with Gasteiger partial charge in [-0.05, 0) is 68.3 Å². The van der Waals surface area contributed by atoms with Gasteiger partial charge in [0.15, 0.2) is 0 Å². The third kappa shape index (κ3) is 8.69. The fraction of sp³-hybridized carbons (Fsp3) is 0.235. The molecule has 1 atom stereocenters. The number of anilines is 1. The quantitative estimate of drug-likeness (QED) is 0.221. The van der Waals surface area contributed by atoms with E-state index in [1.54, 1.807) is 42.5 Å². The maximum atomic E-state index is 14.4. The second-order valence-electron chi connectivity index (χ2n) is 11.3. The summed E-state index contributed by atoms with van der Waals surface area (Å²) in [7, 11) is -4.16. The highest BCUT2D eigenvalue weighted by molar-refractivity contribution is 7.92. The number of hydrogen-bond acceptors (Lipinski definition) is 4. The van der Waals surface area contributed by atoms with E-state index in [0.717, 1.165) is 15.4 Å². The predicted molar refractivity (Wildman–Crippen MR) is 171 cm³/mol. The van der Waals surface area contributed by atoms with Crippen molar-refractivity contribution in [2.24, 2.45) is 0 Å². The van der Waals surface area contributed by atoms with E-state index in [0.29, 0.717) is 5.02 Å². The summed E-state index contributed by atoms with van der Waals surface area (Å²) in [5, 5.41) is 3.46. The van der Waals surface area contributed by atoms with Crippen LogP contribution in [0.15, 0.2) is 120 Å². The molecule has 0 fully saturated rings. The molecule has 0 aliphatic heterocycles. The Hall–Kier alpha value is -4.14. The molecule has 9 heteroatoms. The molecule has 2 amide bonds. The predicted octanol–water partition coefficient (Wildman–Crippen LogP) is 6.09. The Morgan fingerprint density at radius 1 is 0.767 bits per heavy atom. The van der Waals surface area contributed by atoms with Gasteiger partial charge in [-0.25, -0.2) is 8.42 Å². The van der Waals surface area contributed by atoms with Crippen LogP contribution in [0, 0.1) is 0 Å². The molecule has 224 valence electrons. The van der Waals surface area contributed by atoms with Gasteiger partial charge in [-0.2, -0.15) is 0 Å². The van der Waals surface area contributed by atoms with Crippen molar-refractivity contribution in [3.63, 3.8) is 0 Å². The highest BCUT2D eigenvalue weighted by atomic mass is 35.5. The molecule has 0 aliphatic carbocycles. The highest BCUT2D eigenvalue weighted by Crippen LogP contribution is 2.26. The maximum Gasteiger partial charge on any atom is 0.264 e. The van der Waals surface area contributed by atoms with Crippen molar-refractivity contribution < 1.29 is 18.0 Å². The number of nitrogens with one attached hydrogen (secondary N) is 1. The van der Waals surface area contributed by atoms with Crippen LogP contribution in [0.1, 0.15) is 31.9 Å². The fourth-order valence-electron chi connectivity index (χ4n) is 4.64. The molecule has 0 radical (unpaired) electrons. The van der Waals surface area contributed by atoms with E-state index in [1.165, 1.54) is 17.0 Å². The maximum absolute atomic E-state index is 14.4. The summed E-state index contributed by atoms with van der Waals surface area (Å²) in [4.78, 5) is 29.8. The second kappa shape index (κ2) is 13.9. The molecule has 0 saturated carbocycles. The molecular weight excluding hydrogens is 582 g/mol. The third-order valence-corrected chi connectivity index (χ3v) is 8.73. The smallest absolute Gasteiger partial charge is 0.264 e. The second-order valence-corrected chi connectivity index (χ2v) is 13.6. The Bertz CT molecular complexity index is 1610. The highest BCUT2D eigenvalue weighted by Gasteiger charge is 2.35. The molecule has 4 aromatic rings. The number of carbonyl (C=O) groups excluding carboxylic acids is 2. The van der Waals surface area contributed by atoms with E-state index >= 15 is 0 Å². The SMILES string of the molecule is CC(C)(C)NC(=O)[C@@H](Cc1ccccc1)N(Cc1ccccc1)C(=O)CN(c1ccc(Cl)cc1)S(=O)(=O)c1ccccc1. The zero-order valence-electron chi connectivity index (χ0n) is 24.5. The third-order valence-electron chi connectivity index (χ3n) is 6.69. The zero-order chi connectivity index (χ0) is 31.0. The molecular formula is C34H36ClN3O4S. The molecule has 0 aliphatic rings. The van der Waals surface area contributed by atoms with Gasteiger partial charge in [0.05, 0.1) is 10.6 Å². The number of hydrogen-bond donors (Lipinski definition) is 1. The summed E-state index contributed by atoms with van der Waals surface area (Å²) in [6.07, 6.45) is 0.244. The lowest BCUT2D eigenvalue weighted by molar-refractivity contribution is -0.140. The lowest BCUT2D eigenvalue weighted by atomic mass is 10.0. The van der Waals surface area contributed by atoms with Crippen LogP contribution < -0.4 is 9.62 Å². The average molecular weight is 618 g/mol. The largest absolute Gasteiger partial charge is 0.350 e. The summed E-state index contributed by atoms with van der Waals surface area (Å²) in [5.74, 6) is -0.854. The van der Waals surface area contributed by atoms with Gasteiger partial charge in [0.1, 0.15) is 12.6 Å². The van der Waals surface area contributed by atoms with Crippen LogP contribution in [-0.2, 0) is 32.6 Å². The minimum absolute atomic E-state index is 0.0404. The molecule has 0 aromatic heterocycles. The summed E-state index contributed by atoms with van der Waals surface area (Å²) in [6.45, 7) is 5.21. The van der Waals surface area contributed by atoms with Crippen LogP contribution in [0.4, 0.5) is 5.69 Å². The Morgan fingerprint density at radius 3 is 1.81 bits per heavy atom. The number of amides is 2. The van der Waals surface area contributed by atoms with E-state index in [9.17, 15) is 18.0 Å². The zero-order valence-corrected chi connectivity index (χ0v) is 26.1. The van der Waals surface area contributed by atoms with Gasteiger partial charge in [-0.3, -0.25) is 13.9 Å². The standard InChI is InChI=1S/C34H36ClN3O4S/c1-34(2,3)36-33(40)31(23-26-13-7-4-8-14-26)37(24-27-15-9-5-10-16-27)32(39)25-38(29-21-19-28(35)20-22-29)43(41,42)30-17-11-6-12-18-30/h4-22,31H,23-25H2,1-3H3,(H,36,40)/t31-/m1/s1. The molecule has 1 N–H and O–H groups in total. The molecule has 0 heterocycles. The normalized spacial score (nSPS) is 12.3. The van der Waals surface area contributed by atoms with Crippen LogP contribution in [0.5, 0.6) is 0 Å². The average Bonchev–Trinajstić information content (AvgIpc) is 2.98. The first kappa shape index (κ1) is 31.8. The monoisotopic (exact) mass is 617 g/mol. The van der Waals surface area contributed by atoms with E-state index in [-0.39, 0.29) is 29.5 Å². The van der Waals surface area contributed by atoms with Crippen molar-refractivity contribution in [1.82, 2.24) is 10.2 Å². The van der Waals surface area contributed by atoms with Crippen LogP contribution in [0.25, 0.3) is 0 Å². The van der Waals surface area contributed by atoms with Gasteiger partial charge >= 0.3 is 0 Å². The van der Waals surface area contributed by atoms with Gasteiger partial charge < -0.3 is 10.2 Å². The van der Waals surface area contributed by atoms with Gasteiger partial charge in [0.25, 0.3) is 10.0 Å². The summed E-state index contributed by atoms with van der Waals surface area (Å²) < 4.78 is 29.0. The summed E-state index contributed by atoms with van der Waals surface area (Å²) in [6, 6.07) is 32.1. The lowest BCUT2D eigenvalue weighted by Gasteiger charge is -2.35. The molecule has 4 rings (SSSR count). The Morgan fingerprint density at radius 2 is 1.28 bits per heavy atom. The molecule has 0 saturated heterocycles. The molecule has 43 heavy (non-hydrogen) atoms. The first-order valence-corrected chi connectivity index (χ1v) is 15.8. The molecule has 4 aromatic carbocycles. The number of benzene rings is 4. The first-order chi connectivity index (χ1) is 20.4. The van der Waals surface area contributed by atoms with Gasteiger partial charge in [0, 0.05) is 23.5 Å². The van der Waals surface area contributed by atoms with Gasteiger partial charge in [-0.1, -0.05) is 90.5 Å². The minimum atomic E-state index is -4.16. The van der Waals surface area contributed by atoms with Crippen molar-refractivity contribution in [3.8, 4) is 0 Å². The molecule has 7 nitrogen and oxygen atoms in total. The summed E-state index contributed by atoms with van der Waals surface area (Å²) >= 11 is 6.11. The van der Waals surface area contributed by atoms with Crippen LogP contribution in [-0.4, -0.2) is 43.3 Å². The molecule has 0 bridgehead atoms. The van der Waals surface area contributed by atoms with Crippen molar-refractivity contribution in [1.29, 1.82) is 0 Å². The Balaban J connectivity index is 1.79. The minimum Gasteiger partial charge on any atom is -0.350 e. The Kier molecular flexibility index (Phi) is 10.3. The van der Waals surface area contributed by atoms with Crippen LogP contribution in [0.3, 0.4) is 0 Å². The van der Waals surface area contributed by atoms with E-state index in [1.807, 2.05) is 81.4 Å². The van der Waals surface area contributed by atoms with E-state index < -0.39 is 34.1 Å². The summed E-state index contributed by atoms with van der Waals surface area (Å²) in [5.41, 5.74) is 1.40. The first-order valence-electron chi connectivity index (χ1n) is 14.0. The van der Waals surface area contributed by atoms with Crippen molar-refractivity contribution >= 4 is 39.1 Å². The number of nitrogens with zero attached hydrogens (tertiary/aromatic N) is 2. The fourth-order valence-corrected chi connectivity index (χ4v) is 6.20. The van der Waals surface area contributed by atoms with Crippen molar-refractivity contribution in [2.75, 3.05) is 10.8 Å².